The summed E-state index contributed by atoms with van der Waals surface area (Å²) in [7, 11) is 3.95. The van der Waals surface area contributed by atoms with Crippen LogP contribution in [0.15, 0.2) is 24.4 Å². The first kappa shape index (κ1) is 19.4. The summed E-state index contributed by atoms with van der Waals surface area (Å²) in [6.07, 6.45) is -2.64. The summed E-state index contributed by atoms with van der Waals surface area (Å²) in [5, 5.41) is 2.92. The molecule has 0 saturated carbocycles. The topological polar surface area (TPSA) is 50.2 Å². The van der Waals surface area contributed by atoms with E-state index in [2.05, 4.69) is 16.4 Å². The van der Waals surface area contributed by atoms with E-state index < -0.39 is 12.0 Å². The molecule has 1 aliphatic rings. The van der Waals surface area contributed by atoms with Gasteiger partial charge in [0.1, 0.15) is 0 Å². The molecule has 0 fully saturated rings. The molecule has 27 heavy (non-hydrogen) atoms. The third kappa shape index (κ3) is 4.50. The number of halogens is 3. The standard InChI is InChI=1S/C19H23F3N4O/c1-12-6-13(11-25(2)3)8-15(7-12)24-17(27)14-4-5-26-16(9-14)10-23-18(26)19(20,21)22/h6-8,10,14H,4-5,9,11H2,1-3H3,(H,24,27). The first-order valence-corrected chi connectivity index (χ1v) is 8.81. The van der Waals surface area contributed by atoms with Crippen molar-refractivity contribution in [3.05, 3.63) is 47.0 Å². The van der Waals surface area contributed by atoms with E-state index in [1.165, 1.54) is 10.8 Å². The van der Waals surface area contributed by atoms with Crippen LogP contribution in [0.5, 0.6) is 0 Å². The second-order valence-corrected chi connectivity index (χ2v) is 7.35. The van der Waals surface area contributed by atoms with Crippen molar-refractivity contribution in [2.24, 2.45) is 5.92 Å². The summed E-state index contributed by atoms with van der Waals surface area (Å²) in [5.74, 6) is -1.42. The number of benzene rings is 1. The fraction of sp³-hybridized carbons (Fsp3) is 0.474. The lowest BCUT2D eigenvalue weighted by Gasteiger charge is -2.25. The molecule has 2 aromatic rings. The van der Waals surface area contributed by atoms with E-state index >= 15 is 0 Å². The summed E-state index contributed by atoms with van der Waals surface area (Å²) in [6, 6.07) is 5.89. The molecule has 0 spiro atoms. The summed E-state index contributed by atoms with van der Waals surface area (Å²) < 4.78 is 40.0. The van der Waals surface area contributed by atoms with E-state index in [0.717, 1.165) is 17.7 Å². The van der Waals surface area contributed by atoms with Gasteiger partial charge in [0, 0.05) is 43.0 Å². The zero-order chi connectivity index (χ0) is 19.8. The number of hydrogen-bond acceptors (Lipinski definition) is 3. The highest BCUT2D eigenvalue weighted by Crippen LogP contribution is 2.32. The van der Waals surface area contributed by atoms with Gasteiger partial charge in [-0.1, -0.05) is 6.07 Å². The number of imidazole rings is 1. The van der Waals surface area contributed by atoms with Crippen LogP contribution >= 0.6 is 0 Å². The summed E-state index contributed by atoms with van der Waals surface area (Å²) in [4.78, 5) is 18.2. The largest absolute Gasteiger partial charge is 0.449 e. The van der Waals surface area contributed by atoms with Crippen molar-refractivity contribution >= 4 is 11.6 Å². The Balaban J connectivity index is 1.71. The molecule has 8 heteroatoms. The number of fused-ring (bicyclic) bond motifs is 1. The molecule has 1 atom stereocenters. The zero-order valence-corrected chi connectivity index (χ0v) is 15.6. The summed E-state index contributed by atoms with van der Waals surface area (Å²) >= 11 is 0. The average molecular weight is 380 g/mol. The van der Waals surface area contributed by atoms with Gasteiger partial charge >= 0.3 is 6.18 Å². The van der Waals surface area contributed by atoms with Crippen molar-refractivity contribution in [2.75, 3.05) is 19.4 Å². The number of amides is 1. The number of carbonyl (C=O) groups is 1. The molecule has 1 aliphatic heterocycles. The van der Waals surface area contributed by atoms with Crippen molar-refractivity contribution in [1.29, 1.82) is 0 Å². The first-order valence-electron chi connectivity index (χ1n) is 8.81. The van der Waals surface area contributed by atoms with Gasteiger partial charge in [0.25, 0.3) is 0 Å². The molecular formula is C19H23F3N4O. The average Bonchev–Trinajstić information content (AvgIpc) is 2.96. The predicted octanol–water partition coefficient (Wildman–Crippen LogP) is 3.47. The van der Waals surface area contributed by atoms with Crippen LogP contribution in [0.3, 0.4) is 0 Å². The van der Waals surface area contributed by atoms with Crippen molar-refractivity contribution < 1.29 is 18.0 Å². The molecule has 1 unspecified atom stereocenters. The van der Waals surface area contributed by atoms with Gasteiger partial charge in [-0.3, -0.25) is 4.79 Å². The van der Waals surface area contributed by atoms with E-state index in [1.807, 2.05) is 38.1 Å². The smallest absolute Gasteiger partial charge is 0.326 e. The Morgan fingerprint density at radius 2 is 2.07 bits per heavy atom. The third-order valence-corrected chi connectivity index (χ3v) is 4.62. The minimum Gasteiger partial charge on any atom is -0.326 e. The second kappa shape index (κ2) is 7.34. The minimum atomic E-state index is -4.47. The number of anilines is 1. The van der Waals surface area contributed by atoms with E-state index in [9.17, 15) is 18.0 Å². The van der Waals surface area contributed by atoms with Crippen molar-refractivity contribution in [3.8, 4) is 0 Å². The Labute approximate surface area is 156 Å². The van der Waals surface area contributed by atoms with E-state index in [1.54, 1.807) is 0 Å². The number of aromatic nitrogens is 2. The van der Waals surface area contributed by atoms with Crippen molar-refractivity contribution in [3.63, 3.8) is 0 Å². The van der Waals surface area contributed by atoms with E-state index in [-0.39, 0.29) is 24.8 Å². The molecule has 1 amide bonds. The molecule has 5 nitrogen and oxygen atoms in total. The Morgan fingerprint density at radius 3 is 2.74 bits per heavy atom. The Bertz CT molecular complexity index is 842. The van der Waals surface area contributed by atoms with Crippen LogP contribution in [0.2, 0.25) is 0 Å². The minimum absolute atomic E-state index is 0.141. The lowest BCUT2D eigenvalue weighted by molar-refractivity contribution is -0.147. The van der Waals surface area contributed by atoms with Crippen molar-refractivity contribution in [2.45, 2.75) is 39.0 Å². The highest BCUT2D eigenvalue weighted by atomic mass is 19.4. The molecule has 3 rings (SSSR count). The summed E-state index contributed by atoms with van der Waals surface area (Å²) in [5.41, 5.74) is 3.30. The number of aryl methyl sites for hydroxylation is 1. The third-order valence-electron chi connectivity index (χ3n) is 4.62. The number of carbonyl (C=O) groups excluding carboxylic acids is 1. The number of nitrogens with one attached hydrogen (secondary N) is 1. The monoisotopic (exact) mass is 380 g/mol. The Kier molecular flexibility index (Phi) is 5.28. The van der Waals surface area contributed by atoms with Crippen molar-refractivity contribution in [1.82, 2.24) is 14.5 Å². The maximum atomic E-state index is 13.0. The Morgan fingerprint density at radius 1 is 1.33 bits per heavy atom. The predicted molar refractivity (Wildman–Crippen MR) is 96.2 cm³/mol. The van der Waals surface area contributed by atoms with Gasteiger partial charge in [-0.2, -0.15) is 13.2 Å². The van der Waals surface area contributed by atoms with Crippen LogP contribution in [0.1, 0.15) is 29.1 Å². The van der Waals surface area contributed by atoms with Gasteiger partial charge in [0.15, 0.2) is 0 Å². The number of alkyl halides is 3. The van der Waals surface area contributed by atoms with Crippen LogP contribution in [-0.4, -0.2) is 34.5 Å². The SMILES string of the molecule is Cc1cc(CN(C)C)cc(NC(=O)C2CCn3c(cnc3C(F)(F)F)C2)c1. The van der Waals surface area contributed by atoms with Gasteiger partial charge < -0.3 is 14.8 Å². The van der Waals surface area contributed by atoms with Gasteiger partial charge in [0.2, 0.25) is 11.7 Å². The first-order chi connectivity index (χ1) is 12.6. The summed E-state index contributed by atoms with van der Waals surface area (Å²) in [6.45, 7) is 2.86. The molecule has 0 aliphatic carbocycles. The van der Waals surface area contributed by atoms with Crippen LogP contribution in [0, 0.1) is 12.8 Å². The van der Waals surface area contributed by atoms with Gasteiger partial charge in [-0.05, 0) is 50.7 Å². The lowest BCUT2D eigenvalue weighted by Crippen LogP contribution is -2.31. The van der Waals surface area contributed by atoms with Crippen LogP contribution in [0.25, 0.3) is 0 Å². The fourth-order valence-electron chi connectivity index (χ4n) is 3.55. The van der Waals surface area contributed by atoms with Gasteiger partial charge in [0.05, 0.1) is 0 Å². The molecule has 2 heterocycles. The fourth-order valence-corrected chi connectivity index (χ4v) is 3.55. The molecular weight excluding hydrogens is 357 g/mol. The lowest BCUT2D eigenvalue weighted by atomic mass is 9.95. The van der Waals surface area contributed by atoms with Gasteiger partial charge in [-0.25, -0.2) is 4.98 Å². The zero-order valence-electron chi connectivity index (χ0n) is 15.6. The van der Waals surface area contributed by atoms with Crippen LogP contribution < -0.4 is 5.32 Å². The number of nitrogens with zero attached hydrogens (tertiary/aromatic N) is 3. The van der Waals surface area contributed by atoms with Crippen LogP contribution in [-0.2, 0) is 30.5 Å². The maximum Gasteiger partial charge on any atom is 0.449 e. The Hall–Kier alpha value is -2.35. The molecule has 146 valence electrons. The number of rotatable bonds is 4. The molecule has 1 N–H and O–H groups in total. The molecule has 1 aromatic carbocycles. The highest BCUT2D eigenvalue weighted by Gasteiger charge is 2.39. The molecule has 0 radical (unpaired) electrons. The molecule has 0 saturated heterocycles. The second-order valence-electron chi connectivity index (χ2n) is 7.35. The normalized spacial score (nSPS) is 17.1. The quantitative estimate of drug-likeness (QED) is 0.884. The highest BCUT2D eigenvalue weighted by molar-refractivity contribution is 5.93. The maximum absolute atomic E-state index is 13.0. The van der Waals surface area contributed by atoms with Crippen LogP contribution in [0.4, 0.5) is 18.9 Å². The van der Waals surface area contributed by atoms with E-state index in [4.69, 9.17) is 0 Å². The molecule has 0 bridgehead atoms. The van der Waals surface area contributed by atoms with Gasteiger partial charge in [-0.15, -0.1) is 0 Å². The number of hydrogen-bond donors (Lipinski definition) is 1. The van der Waals surface area contributed by atoms with E-state index in [0.29, 0.717) is 17.8 Å². The molecule has 1 aromatic heterocycles.